The first kappa shape index (κ1) is 15.2. The van der Waals surface area contributed by atoms with Crippen molar-refractivity contribution in [3.8, 4) is 0 Å². The molecule has 0 spiro atoms. The SMILES string of the molecule is CC1CCCCN1S(=O)(=O)N1CC(=O)NCC1C(=O)O. The Morgan fingerprint density at radius 2 is 2.05 bits per heavy atom. The Morgan fingerprint density at radius 1 is 1.35 bits per heavy atom. The van der Waals surface area contributed by atoms with E-state index >= 15 is 0 Å². The van der Waals surface area contributed by atoms with Crippen molar-refractivity contribution in [1.82, 2.24) is 13.9 Å². The van der Waals surface area contributed by atoms with Crippen molar-refractivity contribution < 1.29 is 23.1 Å². The van der Waals surface area contributed by atoms with Gasteiger partial charge >= 0.3 is 5.97 Å². The quantitative estimate of drug-likeness (QED) is 0.695. The number of carboxylic acid groups (broad SMARTS) is 1. The second-order valence-electron chi connectivity index (χ2n) is 5.17. The van der Waals surface area contributed by atoms with Gasteiger partial charge in [-0.1, -0.05) is 6.42 Å². The van der Waals surface area contributed by atoms with E-state index in [1.165, 1.54) is 4.31 Å². The van der Waals surface area contributed by atoms with Crippen LogP contribution in [0.25, 0.3) is 0 Å². The van der Waals surface area contributed by atoms with Crippen LogP contribution >= 0.6 is 0 Å². The highest BCUT2D eigenvalue weighted by Crippen LogP contribution is 2.24. The number of rotatable bonds is 3. The molecule has 20 heavy (non-hydrogen) atoms. The molecule has 0 aromatic heterocycles. The van der Waals surface area contributed by atoms with Gasteiger partial charge in [0.2, 0.25) is 5.91 Å². The van der Waals surface area contributed by atoms with E-state index in [9.17, 15) is 18.0 Å². The van der Waals surface area contributed by atoms with Gasteiger partial charge < -0.3 is 10.4 Å². The van der Waals surface area contributed by atoms with Gasteiger partial charge in [0.05, 0.1) is 6.54 Å². The molecule has 2 aliphatic heterocycles. The lowest BCUT2D eigenvalue weighted by Gasteiger charge is -2.39. The van der Waals surface area contributed by atoms with Crippen LogP contribution in [-0.4, -0.2) is 65.7 Å². The molecule has 2 aliphatic rings. The third-order valence-electron chi connectivity index (χ3n) is 3.76. The molecule has 0 aromatic rings. The van der Waals surface area contributed by atoms with Gasteiger partial charge in [-0.2, -0.15) is 17.0 Å². The highest BCUT2D eigenvalue weighted by atomic mass is 32.2. The maximum atomic E-state index is 12.6. The summed E-state index contributed by atoms with van der Waals surface area (Å²) in [5.41, 5.74) is 0. The van der Waals surface area contributed by atoms with E-state index in [2.05, 4.69) is 5.32 Å². The third kappa shape index (κ3) is 2.79. The van der Waals surface area contributed by atoms with Crippen molar-refractivity contribution in [3.05, 3.63) is 0 Å². The first-order valence-corrected chi connectivity index (χ1v) is 8.02. The number of carboxylic acids is 1. The maximum Gasteiger partial charge on any atom is 0.323 e. The lowest BCUT2D eigenvalue weighted by Crippen LogP contribution is -2.63. The lowest BCUT2D eigenvalue weighted by molar-refractivity contribution is -0.143. The minimum Gasteiger partial charge on any atom is -0.480 e. The van der Waals surface area contributed by atoms with Gasteiger partial charge in [0.1, 0.15) is 6.04 Å². The summed E-state index contributed by atoms with van der Waals surface area (Å²) in [5, 5.41) is 11.5. The van der Waals surface area contributed by atoms with Crippen molar-refractivity contribution >= 4 is 22.1 Å². The topological polar surface area (TPSA) is 107 Å². The summed E-state index contributed by atoms with van der Waals surface area (Å²) in [6.07, 6.45) is 2.45. The highest BCUT2D eigenvalue weighted by molar-refractivity contribution is 7.86. The van der Waals surface area contributed by atoms with Crippen LogP contribution in [0.4, 0.5) is 0 Å². The molecule has 0 bridgehead atoms. The molecule has 114 valence electrons. The van der Waals surface area contributed by atoms with E-state index in [1.54, 1.807) is 6.92 Å². The second-order valence-corrected chi connectivity index (χ2v) is 7.00. The van der Waals surface area contributed by atoms with Gasteiger partial charge in [0, 0.05) is 19.1 Å². The van der Waals surface area contributed by atoms with Gasteiger partial charge in [-0.3, -0.25) is 9.59 Å². The Morgan fingerprint density at radius 3 is 2.65 bits per heavy atom. The summed E-state index contributed by atoms with van der Waals surface area (Å²) in [6, 6.07) is -1.42. The molecule has 2 unspecified atom stereocenters. The Bertz CT molecular complexity index is 506. The zero-order valence-electron chi connectivity index (χ0n) is 11.3. The fourth-order valence-electron chi connectivity index (χ4n) is 2.62. The van der Waals surface area contributed by atoms with Crippen LogP contribution in [0, 0.1) is 0 Å². The average molecular weight is 305 g/mol. The van der Waals surface area contributed by atoms with Crippen molar-refractivity contribution in [2.75, 3.05) is 19.6 Å². The molecular weight excluding hydrogens is 286 g/mol. The van der Waals surface area contributed by atoms with Crippen LogP contribution in [0.5, 0.6) is 0 Å². The second kappa shape index (κ2) is 5.66. The number of carbonyl (C=O) groups is 2. The minimum atomic E-state index is -3.94. The first-order chi connectivity index (χ1) is 9.34. The molecular formula is C11H19N3O5S. The fraction of sp³-hybridized carbons (Fsp3) is 0.818. The Balaban J connectivity index is 2.29. The lowest BCUT2D eigenvalue weighted by atomic mass is 10.1. The van der Waals surface area contributed by atoms with E-state index < -0.39 is 34.7 Å². The van der Waals surface area contributed by atoms with Crippen molar-refractivity contribution in [2.24, 2.45) is 0 Å². The van der Waals surface area contributed by atoms with Gasteiger partial charge in [0.25, 0.3) is 10.2 Å². The number of hydrogen-bond acceptors (Lipinski definition) is 4. The minimum absolute atomic E-state index is 0.173. The summed E-state index contributed by atoms with van der Waals surface area (Å²) >= 11 is 0. The van der Waals surface area contributed by atoms with Crippen LogP contribution in [-0.2, 0) is 19.8 Å². The zero-order valence-corrected chi connectivity index (χ0v) is 12.1. The number of nitrogens with zero attached hydrogens (tertiary/aromatic N) is 2. The van der Waals surface area contributed by atoms with Crippen molar-refractivity contribution in [3.63, 3.8) is 0 Å². The van der Waals surface area contributed by atoms with Crippen LogP contribution < -0.4 is 5.32 Å². The molecule has 2 heterocycles. The zero-order chi connectivity index (χ0) is 14.9. The summed E-state index contributed by atoms with van der Waals surface area (Å²) < 4.78 is 27.4. The van der Waals surface area contributed by atoms with Crippen LogP contribution in [0.3, 0.4) is 0 Å². The van der Waals surface area contributed by atoms with Crippen molar-refractivity contribution in [1.29, 1.82) is 0 Å². The normalized spacial score (nSPS) is 29.9. The molecule has 0 saturated carbocycles. The van der Waals surface area contributed by atoms with Crippen LogP contribution in [0.15, 0.2) is 0 Å². The molecule has 2 fully saturated rings. The maximum absolute atomic E-state index is 12.6. The van der Waals surface area contributed by atoms with Gasteiger partial charge in [-0.05, 0) is 19.8 Å². The van der Waals surface area contributed by atoms with Gasteiger partial charge in [0.15, 0.2) is 0 Å². The summed E-state index contributed by atoms with van der Waals surface area (Å²) in [6.45, 7) is 1.53. The fourth-order valence-corrected chi connectivity index (χ4v) is 4.58. The first-order valence-electron chi connectivity index (χ1n) is 6.62. The number of carbonyl (C=O) groups excluding carboxylic acids is 1. The van der Waals surface area contributed by atoms with Gasteiger partial charge in [-0.25, -0.2) is 0 Å². The molecule has 0 aromatic carbocycles. The molecule has 2 atom stereocenters. The summed E-state index contributed by atoms with van der Waals surface area (Å²) in [7, 11) is -3.94. The largest absolute Gasteiger partial charge is 0.480 e. The van der Waals surface area contributed by atoms with Crippen LogP contribution in [0.1, 0.15) is 26.2 Å². The molecule has 2 saturated heterocycles. The summed E-state index contributed by atoms with van der Waals surface area (Å²) in [4.78, 5) is 22.6. The molecule has 2 N–H and O–H groups in total. The number of hydrogen-bond donors (Lipinski definition) is 2. The monoisotopic (exact) mass is 305 g/mol. The number of piperidine rings is 1. The van der Waals surface area contributed by atoms with Crippen molar-refractivity contribution in [2.45, 2.75) is 38.3 Å². The van der Waals surface area contributed by atoms with E-state index in [1.807, 2.05) is 0 Å². The third-order valence-corrected chi connectivity index (χ3v) is 5.87. The Kier molecular flexibility index (Phi) is 4.31. The predicted molar refractivity (Wildman–Crippen MR) is 70.1 cm³/mol. The van der Waals surface area contributed by atoms with E-state index in [0.29, 0.717) is 6.54 Å². The van der Waals surface area contributed by atoms with Crippen LogP contribution in [0.2, 0.25) is 0 Å². The molecule has 9 heteroatoms. The molecule has 0 aliphatic carbocycles. The Labute approximate surface area is 117 Å². The number of nitrogens with one attached hydrogen (secondary N) is 1. The standard InChI is InChI=1S/C11H19N3O5S/c1-8-4-2-3-5-13(8)20(18,19)14-7-10(15)12-6-9(14)11(16)17/h8-9H,2-7H2,1H3,(H,12,15)(H,16,17). The molecule has 0 radical (unpaired) electrons. The number of piperazine rings is 1. The average Bonchev–Trinajstić information content (AvgIpc) is 2.38. The van der Waals surface area contributed by atoms with E-state index in [4.69, 9.17) is 5.11 Å². The van der Waals surface area contributed by atoms with E-state index in [0.717, 1.165) is 23.6 Å². The van der Waals surface area contributed by atoms with Gasteiger partial charge in [-0.15, -0.1) is 0 Å². The predicted octanol–water partition coefficient (Wildman–Crippen LogP) is -1.01. The molecule has 1 amide bonds. The Hall–Kier alpha value is -1.19. The molecule has 8 nitrogen and oxygen atoms in total. The van der Waals surface area contributed by atoms with E-state index in [-0.39, 0.29) is 12.6 Å². The smallest absolute Gasteiger partial charge is 0.323 e. The summed E-state index contributed by atoms with van der Waals surface area (Å²) in [5.74, 6) is -1.73. The number of amides is 1. The number of aliphatic carboxylic acids is 1. The molecule has 2 rings (SSSR count). The highest BCUT2D eigenvalue weighted by Gasteiger charge is 2.44.